The maximum atomic E-state index is 13.0. The molecule has 1 fully saturated rings. The molecule has 8 nitrogen and oxygen atoms in total. The number of piperidine rings is 1. The molecule has 4 rings (SSSR count). The van der Waals surface area contributed by atoms with Gasteiger partial charge in [-0.1, -0.05) is 23.7 Å². The van der Waals surface area contributed by atoms with E-state index in [4.69, 9.17) is 11.6 Å². The Hall–Kier alpha value is -2.78. The number of hydrogen-bond donors (Lipinski definition) is 0. The number of amides is 1. The van der Waals surface area contributed by atoms with E-state index in [9.17, 15) is 13.2 Å². The molecule has 0 atom stereocenters. The molecule has 1 aliphatic heterocycles. The Morgan fingerprint density at radius 1 is 1.00 bits per heavy atom. The Labute approximate surface area is 179 Å². The summed E-state index contributed by atoms with van der Waals surface area (Å²) >= 11 is 6.01. The average Bonchev–Trinajstić information content (AvgIpc) is 3.19. The molecule has 0 radical (unpaired) electrons. The largest absolute Gasteiger partial charge is 0.337 e. The van der Waals surface area contributed by atoms with E-state index in [1.807, 2.05) is 12.1 Å². The van der Waals surface area contributed by atoms with E-state index in [0.29, 0.717) is 35.3 Å². The fraction of sp³-hybridized carbons (Fsp3) is 0.300. The summed E-state index contributed by atoms with van der Waals surface area (Å²) in [5.41, 5.74) is 1.72. The van der Waals surface area contributed by atoms with Crippen LogP contribution in [0.4, 0.5) is 0 Å². The van der Waals surface area contributed by atoms with E-state index < -0.39 is 9.84 Å². The summed E-state index contributed by atoms with van der Waals surface area (Å²) in [5.74, 6) is 0.175. The Morgan fingerprint density at radius 3 is 2.30 bits per heavy atom. The summed E-state index contributed by atoms with van der Waals surface area (Å²) in [5, 5.41) is 12.8. The first-order chi connectivity index (χ1) is 14.3. The molecule has 3 heterocycles. The van der Waals surface area contributed by atoms with Gasteiger partial charge >= 0.3 is 0 Å². The van der Waals surface area contributed by atoms with Gasteiger partial charge in [-0.3, -0.25) is 4.79 Å². The summed E-state index contributed by atoms with van der Waals surface area (Å²) in [6, 6.07) is 11.7. The molecule has 0 saturated carbocycles. The quantitative estimate of drug-likeness (QED) is 0.612. The highest BCUT2D eigenvalue weighted by Crippen LogP contribution is 2.26. The topological polar surface area (TPSA) is 98.0 Å². The lowest BCUT2D eigenvalue weighted by Gasteiger charge is -2.25. The predicted molar refractivity (Wildman–Crippen MR) is 112 cm³/mol. The maximum Gasteiger partial charge on any atom is 0.274 e. The molecule has 0 unspecified atom stereocenters. The van der Waals surface area contributed by atoms with Crippen molar-refractivity contribution < 1.29 is 13.2 Å². The van der Waals surface area contributed by atoms with Gasteiger partial charge in [-0.05, 0) is 49.6 Å². The summed E-state index contributed by atoms with van der Waals surface area (Å²) in [6.45, 7) is 1.43. The molecule has 156 valence electrons. The molecule has 0 aliphatic carbocycles. The molecule has 3 aromatic rings. The minimum atomic E-state index is -3.47. The average molecular weight is 446 g/mol. The van der Waals surface area contributed by atoms with Crippen molar-refractivity contribution >= 4 is 27.3 Å². The van der Waals surface area contributed by atoms with Crippen LogP contribution in [0.2, 0.25) is 5.02 Å². The van der Waals surface area contributed by atoms with Crippen LogP contribution in [-0.2, 0) is 9.84 Å². The maximum absolute atomic E-state index is 13.0. The first-order valence-electron chi connectivity index (χ1n) is 9.52. The normalized spacial score (nSPS) is 14.7. The van der Waals surface area contributed by atoms with Gasteiger partial charge < -0.3 is 4.90 Å². The fourth-order valence-electron chi connectivity index (χ4n) is 3.37. The number of hydrogen-bond acceptors (Lipinski definition) is 6. The number of nitrogens with zero attached hydrogens (tertiary/aromatic N) is 5. The van der Waals surface area contributed by atoms with Gasteiger partial charge in [0.1, 0.15) is 0 Å². The van der Waals surface area contributed by atoms with Gasteiger partial charge in [-0.15, -0.1) is 10.2 Å². The number of carbonyl (C=O) groups is 1. The number of rotatable bonds is 4. The van der Waals surface area contributed by atoms with Crippen molar-refractivity contribution in [2.24, 2.45) is 0 Å². The van der Waals surface area contributed by atoms with Gasteiger partial charge in [0.25, 0.3) is 5.91 Å². The van der Waals surface area contributed by atoms with Crippen molar-refractivity contribution in [3.8, 4) is 17.1 Å². The van der Waals surface area contributed by atoms with E-state index in [-0.39, 0.29) is 10.9 Å². The lowest BCUT2D eigenvalue weighted by Crippen LogP contribution is -2.35. The Bertz CT molecular complexity index is 1170. The second-order valence-electron chi connectivity index (χ2n) is 7.19. The van der Waals surface area contributed by atoms with Crippen molar-refractivity contribution in [1.29, 1.82) is 0 Å². The molecule has 1 amide bonds. The van der Waals surface area contributed by atoms with Crippen LogP contribution >= 0.6 is 11.6 Å². The highest BCUT2D eigenvalue weighted by Gasteiger charge is 2.23. The zero-order chi connectivity index (χ0) is 21.3. The Balaban J connectivity index is 1.78. The summed E-state index contributed by atoms with van der Waals surface area (Å²) in [7, 11) is -3.47. The SMILES string of the molecule is CS(=O)(=O)c1ccc(-n2nc(C(=O)N3CCCCC3)cc2-c2ccc(Cl)cc2)nn1. The van der Waals surface area contributed by atoms with Crippen molar-refractivity contribution in [2.75, 3.05) is 19.3 Å². The molecule has 1 saturated heterocycles. The predicted octanol–water partition coefficient (Wildman–Crippen LogP) is 3.01. The van der Waals surface area contributed by atoms with E-state index in [0.717, 1.165) is 31.1 Å². The van der Waals surface area contributed by atoms with Crippen LogP contribution in [0.1, 0.15) is 29.8 Å². The molecule has 0 bridgehead atoms. The van der Waals surface area contributed by atoms with E-state index in [2.05, 4.69) is 15.3 Å². The fourth-order valence-corrected chi connectivity index (χ4v) is 4.00. The van der Waals surface area contributed by atoms with Gasteiger partial charge in [-0.2, -0.15) is 5.10 Å². The van der Waals surface area contributed by atoms with Crippen LogP contribution in [0.3, 0.4) is 0 Å². The molecule has 0 N–H and O–H groups in total. The first kappa shape index (κ1) is 20.5. The third-order valence-electron chi connectivity index (χ3n) is 4.93. The first-order valence-corrected chi connectivity index (χ1v) is 11.8. The summed E-state index contributed by atoms with van der Waals surface area (Å²) < 4.78 is 24.9. The minimum Gasteiger partial charge on any atom is -0.337 e. The number of sulfone groups is 1. The summed E-state index contributed by atoms with van der Waals surface area (Å²) in [4.78, 5) is 14.8. The summed E-state index contributed by atoms with van der Waals surface area (Å²) in [6.07, 6.45) is 4.15. The second-order valence-corrected chi connectivity index (χ2v) is 9.59. The molecular formula is C20H20ClN5O3S. The highest BCUT2D eigenvalue weighted by atomic mass is 35.5. The number of benzene rings is 1. The number of carbonyl (C=O) groups excluding carboxylic acids is 1. The van der Waals surface area contributed by atoms with Crippen LogP contribution in [0.25, 0.3) is 17.1 Å². The molecule has 2 aromatic heterocycles. The van der Waals surface area contributed by atoms with Gasteiger partial charge in [-0.25, -0.2) is 13.1 Å². The van der Waals surface area contributed by atoms with Crippen LogP contribution in [0, 0.1) is 0 Å². The van der Waals surface area contributed by atoms with Crippen molar-refractivity contribution in [3.63, 3.8) is 0 Å². The van der Waals surface area contributed by atoms with Gasteiger partial charge in [0.05, 0.1) is 5.69 Å². The smallest absolute Gasteiger partial charge is 0.274 e. The van der Waals surface area contributed by atoms with Crippen LogP contribution < -0.4 is 0 Å². The van der Waals surface area contributed by atoms with E-state index in [1.54, 1.807) is 23.1 Å². The van der Waals surface area contributed by atoms with Crippen LogP contribution in [-0.4, -0.2) is 58.5 Å². The molecule has 10 heteroatoms. The third-order valence-corrected chi connectivity index (χ3v) is 6.16. The Morgan fingerprint density at radius 2 is 1.70 bits per heavy atom. The molecule has 1 aromatic carbocycles. The van der Waals surface area contributed by atoms with Gasteiger partial charge in [0.2, 0.25) is 0 Å². The van der Waals surface area contributed by atoms with Crippen LogP contribution in [0.5, 0.6) is 0 Å². The standard InChI is InChI=1S/C20H20ClN5O3S/c1-30(28,29)19-10-9-18(22-23-19)26-17(14-5-7-15(21)8-6-14)13-16(24-26)20(27)25-11-3-2-4-12-25/h5-10,13H,2-4,11-12H2,1H3. The third kappa shape index (κ3) is 4.22. The molecule has 30 heavy (non-hydrogen) atoms. The lowest BCUT2D eigenvalue weighted by molar-refractivity contribution is 0.0718. The van der Waals surface area contributed by atoms with Crippen LogP contribution in [0.15, 0.2) is 47.5 Å². The van der Waals surface area contributed by atoms with Crippen molar-refractivity contribution in [2.45, 2.75) is 24.3 Å². The number of aromatic nitrogens is 4. The minimum absolute atomic E-state index is 0.129. The molecular weight excluding hydrogens is 426 g/mol. The molecule has 1 aliphatic rings. The zero-order valence-corrected chi connectivity index (χ0v) is 17.9. The molecule has 0 spiro atoms. The monoisotopic (exact) mass is 445 g/mol. The highest BCUT2D eigenvalue weighted by molar-refractivity contribution is 7.90. The second kappa shape index (κ2) is 8.16. The van der Waals surface area contributed by atoms with Crippen molar-refractivity contribution in [1.82, 2.24) is 24.9 Å². The Kier molecular flexibility index (Phi) is 5.57. The van der Waals surface area contributed by atoms with Crippen molar-refractivity contribution in [3.05, 3.63) is 53.2 Å². The van der Waals surface area contributed by atoms with Gasteiger partial charge in [0.15, 0.2) is 26.4 Å². The zero-order valence-electron chi connectivity index (χ0n) is 16.3. The lowest BCUT2D eigenvalue weighted by atomic mass is 10.1. The van der Waals surface area contributed by atoms with Gasteiger partial charge in [0, 0.05) is 29.9 Å². The van der Waals surface area contributed by atoms with E-state index >= 15 is 0 Å². The number of halogens is 1. The van der Waals surface area contributed by atoms with E-state index in [1.165, 1.54) is 16.8 Å². The number of likely N-dealkylation sites (tertiary alicyclic amines) is 1.